The zero-order valence-electron chi connectivity index (χ0n) is 12.8. The van der Waals surface area contributed by atoms with E-state index >= 15 is 0 Å². The van der Waals surface area contributed by atoms with Crippen LogP contribution in [0.1, 0.15) is 11.3 Å². The lowest BCUT2D eigenvalue weighted by molar-refractivity contribution is -0.154. The van der Waals surface area contributed by atoms with Gasteiger partial charge in [0.05, 0.1) is 12.2 Å². The molecular formula is C15H14F4N4O2. The van der Waals surface area contributed by atoms with E-state index in [4.69, 9.17) is 0 Å². The number of urea groups is 1. The largest absolute Gasteiger partial charge is 0.468 e. The number of alkyl halides is 3. The van der Waals surface area contributed by atoms with Gasteiger partial charge in [0.1, 0.15) is 12.1 Å². The Balaban J connectivity index is 1.79. The van der Waals surface area contributed by atoms with Crippen LogP contribution in [0.5, 0.6) is 5.88 Å². The number of nitrogens with zero attached hydrogens (tertiary/aromatic N) is 2. The zero-order valence-corrected chi connectivity index (χ0v) is 12.8. The van der Waals surface area contributed by atoms with Gasteiger partial charge in [0.2, 0.25) is 5.88 Å². The van der Waals surface area contributed by atoms with Crippen LogP contribution >= 0.6 is 0 Å². The first-order valence-corrected chi connectivity index (χ1v) is 7.08. The lowest BCUT2D eigenvalue weighted by Crippen LogP contribution is -2.34. The molecule has 2 amide bonds. The molecule has 0 saturated carbocycles. The summed E-state index contributed by atoms with van der Waals surface area (Å²) in [5.41, 5.74) is 0.855. The van der Waals surface area contributed by atoms with E-state index in [1.165, 1.54) is 24.3 Å². The lowest BCUT2D eigenvalue weighted by Gasteiger charge is -2.10. The molecule has 134 valence electrons. The number of rotatable bonds is 6. The third kappa shape index (κ3) is 7.02. The van der Waals surface area contributed by atoms with Crippen LogP contribution in [-0.4, -0.2) is 28.8 Å². The Morgan fingerprint density at radius 2 is 1.88 bits per heavy atom. The molecule has 0 saturated heterocycles. The molecule has 0 aliphatic carbocycles. The second-order valence-electron chi connectivity index (χ2n) is 4.92. The summed E-state index contributed by atoms with van der Waals surface area (Å²) in [6, 6.07) is 6.40. The molecule has 0 fully saturated rings. The highest BCUT2D eigenvalue weighted by molar-refractivity contribution is 5.73. The minimum absolute atomic E-state index is 0.0418. The van der Waals surface area contributed by atoms with Crippen LogP contribution in [0.15, 0.2) is 36.7 Å². The van der Waals surface area contributed by atoms with Crippen molar-refractivity contribution in [1.82, 2.24) is 20.6 Å². The number of carbonyl (C=O) groups excluding carboxylic acids is 1. The molecule has 0 spiro atoms. The fraction of sp³-hybridized carbons (Fsp3) is 0.267. The Bertz CT molecular complexity index is 725. The molecule has 2 rings (SSSR count). The normalized spacial score (nSPS) is 11.0. The number of carbonyl (C=O) groups is 1. The molecule has 10 heteroatoms. The van der Waals surface area contributed by atoms with Gasteiger partial charge in [-0.05, 0) is 17.7 Å². The third-order valence-electron chi connectivity index (χ3n) is 2.85. The van der Waals surface area contributed by atoms with Gasteiger partial charge in [-0.3, -0.25) is 0 Å². The number of benzene rings is 1. The van der Waals surface area contributed by atoms with Crippen molar-refractivity contribution in [3.63, 3.8) is 0 Å². The highest BCUT2D eigenvalue weighted by Gasteiger charge is 2.28. The predicted octanol–water partition coefficient (Wildman–Crippen LogP) is 2.56. The van der Waals surface area contributed by atoms with E-state index in [0.29, 0.717) is 5.56 Å². The first kappa shape index (κ1) is 18.4. The second-order valence-corrected chi connectivity index (χ2v) is 4.92. The van der Waals surface area contributed by atoms with Crippen LogP contribution in [0.4, 0.5) is 22.4 Å². The van der Waals surface area contributed by atoms with E-state index in [1.807, 2.05) is 0 Å². The quantitative estimate of drug-likeness (QED) is 0.778. The minimum atomic E-state index is -4.47. The van der Waals surface area contributed by atoms with E-state index in [-0.39, 0.29) is 24.7 Å². The van der Waals surface area contributed by atoms with Crippen LogP contribution in [0.3, 0.4) is 0 Å². The van der Waals surface area contributed by atoms with Gasteiger partial charge in [-0.25, -0.2) is 19.2 Å². The van der Waals surface area contributed by atoms with E-state index in [0.717, 1.165) is 6.33 Å². The van der Waals surface area contributed by atoms with Crippen LogP contribution in [-0.2, 0) is 13.1 Å². The lowest BCUT2D eigenvalue weighted by atomic mass is 10.2. The summed E-state index contributed by atoms with van der Waals surface area (Å²) >= 11 is 0. The van der Waals surface area contributed by atoms with E-state index in [2.05, 4.69) is 25.3 Å². The van der Waals surface area contributed by atoms with Crippen molar-refractivity contribution < 1.29 is 27.1 Å². The first-order chi connectivity index (χ1) is 11.8. The van der Waals surface area contributed by atoms with Gasteiger partial charge < -0.3 is 15.4 Å². The van der Waals surface area contributed by atoms with Crippen LogP contribution in [0.2, 0.25) is 0 Å². The van der Waals surface area contributed by atoms with E-state index in [1.54, 1.807) is 6.07 Å². The zero-order chi connectivity index (χ0) is 18.3. The molecular weight excluding hydrogens is 344 g/mol. The topological polar surface area (TPSA) is 76.1 Å². The Labute approximate surface area is 140 Å². The third-order valence-corrected chi connectivity index (χ3v) is 2.85. The van der Waals surface area contributed by atoms with Crippen molar-refractivity contribution >= 4 is 6.03 Å². The summed E-state index contributed by atoms with van der Waals surface area (Å²) in [4.78, 5) is 19.1. The molecule has 25 heavy (non-hydrogen) atoms. The fourth-order valence-corrected chi connectivity index (χ4v) is 1.77. The number of hydrogen-bond donors (Lipinski definition) is 2. The van der Waals surface area contributed by atoms with Gasteiger partial charge >= 0.3 is 12.2 Å². The molecule has 1 aromatic carbocycles. The maximum Gasteiger partial charge on any atom is 0.422 e. The summed E-state index contributed by atoms with van der Waals surface area (Å²) in [6.45, 7) is -1.39. The summed E-state index contributed by atoms with van der Waals surface area (Å²) in [5.74, 6) is -0.656. The number of amides is 2. The SMILES string of the molecule is O=C(NCc1cccc(F)c1)NCc1cc(OCC(F)(F)F)ncn1. The van der Waals surface area contributed by atoms with Crippen molar-refractivity contribution in [1.29, 1.82) is 0 Å². The molecule has 2 aromatic rings. The Hall–Kier alpha value is -2.91. The number of halogens is 4. The van der Waals surface area contributed by atoms with E-state index < -0.39 is 24.6 Å². The molecule has 0 aliphatic heterocycles. The molecule has 0 aliphatic rings. The summed E-state index contributed by atoms with van der Waals surface area (Å²) in [6.07, 6.45) is -3.44. The van der Waals surface area contributed by atoms with Gasteiger partial charge in [-0.15, -0.1) is 0 Å². The van der Waals surface area contributed by atoms with E-state index in [9.17, 15) is 22.4 Å². The maximum absolute atomic E-state index is 13.0. The van der Waals surface area contributed by atoms with Crippen LogP contribution < -0.4 is 15.4 Å². The molecule has 6 nitrogen and oxygen atoms in total. The Morgan fingerprint density at radius 1 is 1.12 bits per heavy atom. The summed E-state index contributed by atoms with van der Waals surface area (Å²) in [5, 5.41) is 4.99. The average Bonchev–Trinajstić information content (AvgIpc) is 2.56. The Kier molecular flexibility index (Phi) is 6.09. The monoisotopic (exact) mass is 358 g/mol. The smallest absolute Gasteiger partial charge is 0.422 e. The Morgan fingerprint density at radius 3 is 2.60 bits per heavy atom. The standard InChI is InChI=1S/C15H14F4N4O2/c16-11-3-1-2-10(4-11)6-20-14(24)21-7-12-5-13(23-9-22-12)25-8-15(17,18)19/h1-5,9H,6-8H2,(H2,20,21,24). The van der Waals surface area contributed by atoms with Crippen molar-refractivity contribution in [2.24, 2.45) is 0 Å². The van der Waals surface area contributed by atoms with Crippen LogP contribution in [0, 0.1) is 5.82 Å². The molecule has 0 bridgehead atoms. The number of hydrogen-bond acceptors (Lipinski definition) is 4. The predicted molar refractivity (Wildman–Crippen MR) is 79.1 cm³/mol. The molecule has 2 N–H and O–H groups in total. The van der Waals surface area contributed by atoms with Crippen molar-refractivity contribution in [3.8, 4) is 5.88 Å². The minimum Gasteiger partial charge on any atom is -0.468 e. The van der Waals surface area contributed by atoms with Gasteiger partial charge in [0, 0.05) is 12.6 Å². The maximum atomic E-state index is 13.0. The molecule has 0 unspecified atom stereocenters. The van der Waals surface area contributed by atoms with Crippen LogP contribution in [0.25, 0.3) is 0 Å². The number of nitrogens with one attached hydrogen (secondary N) is 2. The van der Waals surface area contributed by atoms with Crippen molar-refractivity contribution in [2.45, 2.75) is 19.3 Å². The molecule has 0 radical (unpaired) electrons. The highest BCUT2D eigenvalue weighted by Crippen LogP contribution is 2.16. The molecule has 0 atom stereocenters. The van der Waals surface area contributed by atoms with Crippen molar-refractivity contribution in [2.75, 3.05) is 6.61 Å². The fourth-order valence-electron chi connectivity index (χ4n) is 1.77. The second kappa shape index (κ2) is 8.27. The number of aromatic nitrogens is 2. The summed E-state index contributed by atoms with van der Waals surface area (Å²) in [7, 11) is 0. The van der Waals surface area contributed by atoms with Gasteiger partial charge in [0.15, 0.2) is 6.61 Å². The number of ether oxygens (including phenoxy) is 1. The van der Waals surface area contributed by atoms with Crippen molar-refractivity contribution in [3.05, 3.63) is 53.7 Å². The first-order valence-electron chi connectivity index (χ1n) is 7.08. The summed E-state index contributed by atoms with van der Waals surface area (Å²) < 4.78 is 53.8. The highest BCUT2D eigenvalue weighted by atomic mass is 19.4. The van der Waals surface area contributed by atoms with Gasteiger partial charge in [-0.2, -0.15) is 13.2 Å². The van der Waals surface area contributed by atoms with Gasteiger partial charge in [-0.1, -0.05) is 12.1 Å². The molecule has 1 aromatic heterocycles. The average molecular weight is 358 g/mol. The van der Waals surface area contributed by atoms with Gasteiger partial charge in [0.25, 0.3) is 0 Å². The molecule has 1 heterocycles.